The van der Waals surface area contributed by atoms with Crippen molar-refractivity contribution in [1.82, 2.24) is 9.97 Å². The van der Waals surface area contributed by atoms with Crippen molar-refractivity contribution in [3.05, 3.63) is 41.3 Å². The quantitative estimate of drug-likeness (QED) is 0.880. The Morgan fingerprint density at radius 3 is 2.90 bits per heavy atom. The number of carbonyl (C=O) groups is 1. The molecule has 1 heterocycles. The second-order valence-corrected chi connectivity index (χ2v) is 4.32. The highest BCUT2D eigenvalue weighted by atomic mass is 35.5. The summed E-state index contributed by atoms with van der Waals surface area (Å²) in [7, 11) is 0. The molecule has 0 atom stereocenters. The number of benzene rings is 1. The maximum Gasteiger partial charge on any atom is 0.224 e. The van der Waals surface area contributed by atoms with Gasteiger partial charge in [0.25, 0.3) is 0 Å². The average molecular weight is 287 g/mol. The summed E-state index contributed by atoms with van der Waals surface area (Å²) in [4.78, 5) is 19.3. The first-order chi connectivity index (χ1) is 9.63. The number of halogens is 1. The number of hydrogen-bond donors (Lipinski definition) is 1. The predicted molar refractivity (Wildman–Crippen MR) is 76.1 cm³/mol. The Labute approximate surface area is 121 Å². The van der Waals surface area contributed by atoms with E-state index in [1.54, 1.807) is 37.4 Å². The Balaban J connectivity index is 2.39. The molecule has 2 aromatic rings. The Hall–Kier alpha value is -2.45. The highest BCUT2D eigenvalue weighted by molar-refractivity contribution is 6.28. The second kappa shape index (κ2) is 6.13. The molecule has 0 aliphatic carbocycles. The van der Waals surface area contributed by atoms with Gasteiger partial charge in [-0.25, -0.2) is 9.97 Å². The van der Waals surface area contributed by atoms with Crippen molar-refractivity contribution in [1.29, 1.82) is 5.26 Å². The fourth-order valence-corrected chi connectivity index (χ4v) is 1.79. The van der Waals surface area contributed by atoms with Gasteiger partial charge >= 0.3 is 0 Å². The van der Waals surface area contributed by atoms with Crippen LogP contribution in [0.4, 0.5) is 5.69 Å². The van der Waals surface area contributed by atoms with Gasteiger partial charge < -0.3 is 5.32 Å². The number of rotatable bonds is 3. The van der Waals surface area contributed by atoms with Crippen LogP contribution in [-0.2, 0) is 4.79 Å². The zero-order valence-electron chi connectivity index (χ0n) is 10.7. The molecule has 0 aliphatic heterocycles. The van der Waals surface area contributed by atoms with Crippen molar-refractivity contribution in [2.75, 3.05) is 5.32 Å². The number of amides is 1. The third-order valence-electron chi connectivity index (χ3n) is 2.66. The molecule has 0 aliphatic rings. The van der Waals surface area contributed by atoms with Gasteiger partial charge in [-0.2, -0.15) is 5.26 Å². The maximum absolute atomic E-state index is 11.4. The highest BCUT2D eigenvalue weighted by Crippen LogP contribution is 2.24. The van der Waals surface area contributed by atoms with Crippen LogP contribution in [0.3, 0.4) is 0 Å². The molecule has 20 heavy (non-hydrogen) atoms. The van der Waals surface area contributed by atoms with Crippen molar-refractivity contribution in [3.8, 4) is 17.3 Å². The summed E-state index contributed by atoms with van der Waals surface area (Å²) < 4.78 is 0. The first-order valence-corrected chi connectivity index (χ1v) is 6.34. The molecule has 5 nitrogen and oxygen atoms in total. The fourth-order valence-electron chi connectivity index (χ4n) is 1.64. The van der Waals surface area contributed by atoms with Crippen LogP contribution >= 0.6 is 11.6 Å². The SMILES string of the molecule is CCC(=O)Nc1ccc(-c2ccnc(Cl)n2)cc1C#N. The second-order valence-electron chi connectivity index (χ2n) is 3.98. The predicted octanol–water partition coefficient (Wildman–Crippen LogP) is 3.02. The van der Waals surface area contributed by atoms with Crippen LogP contribution in [0.2, 0.25) is 5.28 Å². The average Bonchev–Trinajstić information content (AvgIpc) is 2.47. The van der Waals surface area contributed by atoms with E-state index in [4.69, 9.17) is 16.9 Å². The van der Waals surface area contributed by atoms with Crippen LogP contribution in [0.15, 0.2) is 30.5 Å². The summed E-state index contributed by atoms with van der Waals surface area (Å²) in [6.45, 7) is 1.75. The van der Waals surface area contributed by atoms with Gasteiger partial charge in [-0.15, -0.1) is 0 Å². The minimum absolute atomic E-state index is 0.140. The number of anilines is 1. The maximum atomic E-state index is 11.4. The number of aromatic nitrogens is 2. The van der Waals surface area contributed by atoms with Crippen LogP contribution in [0.1, 0.15) is 18.9 Å². The van der Waals surface area contributed by atoms with E-state index < -0.39 is 0 Å². The first kappa shape index (κ1) is 14.0. The Kier molecular flexibility index (Phi) is 4.28. The van der Waals surface area contributed by atoms with E-state index in [2.05, 4.69) is 21.4 Å². The Morgan fingerprint density at radius 2 is 2.25 bits per heavy atom. The third kappa shape index (κ3) is 3.11. The molecule has 0 radical (unpaired) electrons. The molecule has 0 saturated heterocycles. The van der Waals surface area contributed by atoms with Gasteiger partial charge in [0.05, 0.1) is 16.9 Å². The summed E-state index contributed by atoms with van der Waals surface area (Å²) in [6, 6.07) is 8.86. The Morgan fingerprint density at radius 1 is 1.45 bits per heavy atom. The first-order valence-electron chi connectivity index (χ1n) is 5.97. The largest absolute Gasteiger partial charge is 0.325 e. The topological polar surface area (TPSA) is 78.7 Å². The molecule has 0 fully saturated rings. The third-order valence-corrected chi connectivity index (χ3v) is 2.84. The molecular formula is C14H11ClN4O. The van der Waals surface area contributed by atoms with E-state index in [0.29, 0.717) is 23.4 Å². The minimum atomic E-state index is -0.140. The molecule has 0 unspecified atom stereocenters. The van der Waals surface area contributed by atoms with Crippen molar-refractivity contribution in [3.63, 3.8) is 0 Å². The molecule has 1 amide bonds. The van der Waals surface area contributed by atoms with E-state index in [1.165, 1.54) is 0 Å². The molecule has 1 aromatic heterocycles. The zero-order valence-corrected chi connectivity index (χ0v) is 11.5. The van der Waals surface area contributed by atoms with Crippen LogP contribution in [-0.4, -0.2) is 15.9 Å². The summed E-state index contributed by atoms with van der Waals surface area (Å²) >= 11 is 5.74. The fraction of sp³-hybridized carbons (Fsp3) is 0.143. The molecule has 2 rings (SSSR count). The van der Waals surface area contributed by atoms with Gasteiger partial charge in [0, 0.05) is 18.2 Å². The lowest BCUT2D eigenvalue weighted by atomic mass is 10.1. The van der Waals surface area contributed by atoms with Crippen LogP contribution in [0.25, 0.3) is 11.3 Å². The number of nitriles is 1. The van der Waals surface area contributed by atoms with Crippen molar-refractivity contribution in [2.24, 2.45) is 0 Å². The van der Waals surface area contributed by atoms with E-state index in [-0.39, 0.29) is 11.2 Å². The number of nitrogens with zero attached hydrogens (tertiary/aromatic N) is 3. The van der Waals surface area contributed by atoms with Gasteiger partial charge in [0.2, 0.25) is 11.2 Å². The van der Waals surface area contributed by atoms with Crippen molar-refractivity contribution >= 4 is 23.2 Å². The van der Waals surface area contributed by atoms with E-state index >= 15 is 0 Å². The lowest BCUT2D eigenvalue weighted by Crippen LogP contribution is -2.10. The lowest BCUT2D eigenvalue weighted by Gasteiger charge is -2.08. The monoisotopic (exact) mass is 286 g/mol. The van der Waals surface area contributed by atoms with Gasteiger partial charge in [-0.3, -0.25) is 4.79 Å². The van der Waals surface area contributed by atoms with Gasteiger partial charge in [-0.05, 0) is 29.8 Å². The number of hydrogen-bond acceptors (Lipinski definition) is 4. The van der Waals surface area contributed by atoms with Crippen LogP contribution in [0, 0.1) is 11.3 Å². The molecule has 1 N–H and O–H groups in total. The molecule has 100 valence electrons. The summed E-state index contributed by atoms with van der Waals surface area (Å²) in [6.07, 6.45) is 1.90. The van der Waals surface area contributed by atoms with Gasteiger partial charge in [0.15, 0.2) is 0 Å². The van der Waals surface area contributed by atoms with Crippen molar-refractivity contribution < 1.29 is 4.79 Å². The van der Waals surface area contributed by atoms with Gasteiger partial charge in [-0.1, -0.05) is 13.0 Å². The molecule has 6 heteroatoms. The smallest absolute Gasteiger partial charge is 0.224 e. The molecule has 0 saturated carbocycles. The van der Waals surface area contributed by atoms with Crippen LogP contribution in [0.5, 0.6) is 0 Å². The van der Waals surface area contributed by atoms with Crippen molar-refractivity contribution in [2.45, 2.75) is 13.3 Å². The summed E-state index contributed by atoms with van der Waals surface area (Å²) in [5.41, 5.74) is 2.22. The molecule has 0 spiro atoms. The number of nitrogens with one attached hydrogen (secondary N) is 1. The Bertz CT molecular complexity index is 694. The van der Waals surface area contributed by atoms with Gasteiger partial charge in [0.1, 0.15) is 6.07 Å². The molecule has 0 bridgehead atoms. The molecular weight excluding hydrogens is 276 g/mol. The highest BCUT2D eigenvalue weighted by Gasteiger charge is 2.08. The summed E-state index contributed by atoms with van der Waals surface area (Å²) in [5.74, 6) is -0.140. The van der Waals surface area contributed by atoms with E-state index in [0.717, 1.165) is 5.56 Å². The molecule has 1 aromatic carbocycles. The normalized spacial score (nSPS) is 9.85. The number of carbonyl (C=O) groups excluding carboxylic acids is 1. The standard InChI is InChI=1S/C14H11ClN4O/c1-2-13(20)18-11-4-3-9(7-10(11)8-16)12-5-6-17-14(15)19-12/h3-7H,2H2,1H3,(H,18,20). The lowest BCUT2D eigenvalue weighted by molar-refractivity contribution is -0.115. The zero-order chi connectivity index (χ0) is 14.5. The van der Waals surface area contributed by atoms with E-state index in [1.807, 2.05) is 0 Å². The van der Waals surface area contributed by atoms with E-state index in [9.17, 15) is 4.79 Å². The minimum Gasteiger partial charge on any atom is -0.325 e. The van der Waals surface area contributed by atoms with Crippen LogP contribution < -0.4 is 5.32 Å². The summed E-state index contributed by atoms with van der Waals surface area (Å²) in [5, 5.41) is 12.0.